The molecule has 1 atom stereocenters. The minimum absolute atomic E-state index is 0.0692. The Morgan fingerprint density at radius 3 is 2.48 bits per heavy atom. The van der Waals surface area contributed by atoms with Gasteiger partial charge in [0.1, 0.15) is 10.0 Å². The Kier molecular flexibility index (Phi) is 9.47. The topological polar surface area (TPSA) is 107 Å². The Morgan fingerprint density at radius 2 is 1.82 bits per heavy atom. The number of likely N-dealkylation sites (N-methyl/N-ethyl adjacent to an activating group) is 1. The summed E-state index contributed by atoms with van der Waals surface area (Å²) in [5.74, 6) is -0.928. The number of sulfonamides is 1. The molecule has 0 saturated heterocycles. The number of carboxylic acid groups (broad SMARTS) is 1. The van der Waals surface area contributed by atoms with Crippen molar-refractivity contribution in [2.24, 2.45) is 5.92 Å². The molecule has 0 bridgehead atoms. The first-order valence-electron chi connectivity index (χ1n) is 13.4. The summed E-state index contributed by atoms with van der Waals surface area (Å²) in [6.07, 6.45) is 2.21. The minimum atomic E-state index is -3.90. The molecule has 0 unspecified atom stereocenters. The Labute approximate surface area is 239 Å². The normalized spacial score (nSPS) is 14.9. The predicted octanol–water partition coefficient (Wildman–Crippen LogP) is 4.73. The molecular weight excluding hydrogens is 551 g/mol. The quantitative estimate of drug-likeness (QED) is 0.267. The Balaban J connectivity index is 1.35. The van der Waals surface area contributed by atoms with Crippen molar-refractivity contribution in [1.29, 1.82) is 0 Å². The van der Waals surface area contributed by atoms with Crippen LogP contribution in [0.4, 0.5) is 4.39 Å². The number of thiophene rings is 1. The second-order valence-electron chi connectivity index (χ2n) is 11.3. The number of aliphatic hydroxyl groups excluding tert-OH is 1. The highest BCUT2D eigenvalue weighted by Gasteiger charge is 2.30. The summed E-state index contributed by atoms with van der Waals surface area (Å²) in [5.41, 5.74) is 3.69. The molecule has 40 heavy (non-hydrogen) atoms. The maximum Gasteiger partial charge on any atom is 0.303 e. The zero-order valence-corrected chi connectivity index (χ0v) is 24.7. The Hall–Kier alpha value is -2.63. The zero-order valence-electron chi connectivity index (χ0n) is 23.1. The summed E-state index contributed by atoms with van der Waals surface area (Å²) >= 11 is 0.995. The van der Waals surface area contributed by atoms with E-state index in [0.717, 1.165) is 34.9 Å². The standard InChI is InChI=1S/C30H37FN2O5S2/c1-30(2,17-20-14-22-6-4-5-7-23(22)15-20)32-18-25(34)19-33(3)40(37,38)29-13-11-27(39-29)26-16-24(31)10-8-21(26)9-12-28(35)36/h4-8,10-11,13,16,20,25,32,34H,9,12,14-15,17-19H2,1-3H3,(H,35,36)/t25-/m0/s1. The van der Waals surface area contributed by atoms with Gasteiger partial charge >= 0.3 is 5.97 Å². The van der Waals surface area contributed by atoms with Gasteiger partial charge in [-0.1, -0.05) is 30.3 Å². The minimum Gasteiger partial charge on any atom is -0.481 e. The summed E-state index contributed by atoms with van der Waals surface area (Å²) in [4.78, 5) is 11.6. The van der Waals surface area contributed by atoms with Crippen LogP contribution < -0.4 is 5.32 Å². The first-order chi connectivity index (χ1) is 18.8. The van der Waals surface area contributed by atoms with Gasteiger partial charge in [-0.2, -0.15) is 4.31 Å². The van der Waals surface area contributed by atoms with E-state index in [1.54, 1.807) is 6.07 Å². The molecular formula is C30H37FN2O5S2. The number of carbonyl (C=O) groups is 1. The second-order valence-corrected chi connectivity index (χ2v) is 14.6. The molecule has 1 heterocycles. The number of aryl methyl sites for hydroxylation is 1. The van der Waals surface area contributed by atoms with Crippen molar-refractivity contribution in [3.63, 3.8) is 0 Å². The molecule has 4 rings (SSSR count). The predicted molar refractivity (Wildman–Crippen MR) is 156 cm³/mol. The van der Waals surface area contributed by atoms with Gasteiger partial charge in [0.05, 0.1) is 6.10 Å². The monoisotopic (exact) mass is 588 g/mol. The van der Waals surface area contributed by atoms with Gasteiger partial charge in [0.25, 0.3) is 10.0 Å². The molecule has 0 radical (unpaired) electrons. The van der Waals surface area contributed by atoms with E-state index in [1.165, 1.54) is 42.4 Å². The number of aliphatic carboxylic acids is 1. The van der Waals surface area contributed by atoms with Gasteiger partial charge in [0, 0.05) is 37.0 Å². The zero-order chi connectivity index (χ0) is 29.1. The van der Waals surface area contributed by atoms with Gasteiger partial charge in [-0.15, -0.1) is 11.3 Å². The summed E-state index contributed by atoms with van der Waals surface area (Å²) in [6, 6.07) is 15.7. The van der Waals surface area contributed by atoms with Crippen molar-refractivity contribution < 1.29 is 27.8 Å². The van der Waals surface area contributed by atoms with E-state index < -0.39 is 27.9 Å². The number of carboxylic acids is 1. The smallest absolute Gasteiger partial charge is 0.303 e. The number of rotatable bonds is 13. The highest BCUT2D eigenvalue weighted by molar-refractivity contribution is 7.91. The fourth-order valence-corrected chi connectivity index (χ4v) is 8.21. The largest absolute Gasteiger partial charge is 0.481 e. The van der Waals surface area contributed by atoms with Crippen LogP contribution in [0.1, 0.15) is 43.4 Å². The molecule has 2 aromatic carbocycles. The van der Waals surface area contributed by atoms with Crippen LogP contribution >= 0.6 is 11.3 Å². The van der Waals surface area contributed by atoms with Gasteiger partial charge in [0.2, 0.25) is 0 Å². The van der Waals surface area contributed by atoms with E-state index in [0.29, 0.717) is 21.9 Å². The molecule has 0 amide bonds. The molecule has 216 valence electrons. The van der Waals surface area contributed by atoms with Gasteiger partial charge in [-0.05, 0) is 92.0 Å². The van der Waals surface area contributed by atoms with E-state index in [2.05, 4.69) is 43.4 Å². The molecule has 10 heteroatoms. The van der Waals surface area contributed by atoms with E-state index in [-0.39, 0.29) is 35.7 Å². The van der Waals surface area contributed by atoms with Gasteiger partial charge in [0.15, 0.2) is 0 Å². The SMILES string of the molecule is CN(C[C@@H](O)CNC(C)(C)CC1Cc2ccccc2C1)S(=O)(=O)c1ccc(-c2cc(F)ccc2CCC(=O)O)s1. The number of hydrogen-bond donors (Lipinski definition) is 3. The summed E-state index contributed by atoms with van der Waals surface area (Å²) in [5, 5.41) is 23.1. The lowest BCUT2D eigenvalue weighted by Gasteiger charge is -2.31. The third kappa shape index (κ3) is 7.55. The summed E-state index contributed by atoms with van der Waals surface area (Å²) in [7, 11) is -2.47. The van der Waals surface area contributed by atoms with Crippen LogP contribution in [-0.4, -0.2) is 60.7 Å². The highest BCUT2D eigenvalue weighted by atomic mass is 32.2. The third-order valence-electron chi connectivity index (χ3n) is 7.41. The van der Waals surface area contributed by atoms with Crippen LogP contribution in [-0.2, 0) is 34.1 Å². The number of fused-ring (bicyclic) bond motifs is 1. The fourth-order valence-electron chi connectivity index (χ4n) is 5.44. The van der Waals surface area contributed by atoms with E-state index >= 15 is 0 Å². The number of nitrogens with zero attached hydrogens (tertiary/aromatic N) is 1. The molecule has 7 nitrogen and oxygen atoms in total. The first kappa shape index (κ1) is 30.3. The van der Waals surface area contributed by atoms with E-state index in [9.17, 15) is 22.7 Å². The number of β-amino-alcohol motifs (C(OH)–C–C–N with tert-alkyl or cyclic N) is 1. The number of nitrogens with one attached hydrogen (secondary N) is 1. The molecule has 0 aliphatic heterocycles. The molecule has 3 N–H and O–H groups in total. The van der Waals surface area contributed by atoms with Gasteiger partial charge in [-0.3, -0.25) is 4.79 Å². The van der Waals surface area contributed by atoms with E-state index in [4.69, 9.17) is 5.11 Å². The van der Waals surface area contributed by atoms with Crippen LogP contribution in [0.2, 0.25) is 0 Å². The maximum absolute atomic E-state index is 14.0. The number of halogens is 1. The maximum atomic E-state index is 14.0. The van der Waals surface area contributed by atoms with E-state index in [1.807, 2.05) is 0 Å². The van der Waals surface area contributed by atoms with Crippen molar-refractivity contribution >= 4 is 27.3 Å². The molecule has 0 spiro atoms. The number of aliphatic hydroxyl groups is 1. The average Bonchev–Trinajstić information content (AvgIpc) is 3.54. The Morgan fingerprint density at radius 1 is 1.15 bits per heavy atom. The first-order valence-corrected chi connectivity index (χ1v) is 15.7. The van der Waals surface area contributed by atoms with Crippen molar-refractivity contribution in [3.05, 3.63) is 77.1 Å². The van der Waals surface area contributed by atoms with Crippen molar-refractivity contribution in [2.75, 3.05) is 20.1 Å². The summed E-state index contributed by atoms with van der Waals surface area (Å²) in [6.45, 7) is 4.37. The Bertz CT molecular complexity index is 1430. The van der Waals surface area contributed by atoms with Gasteiger partial charge in [-0.25, -0.2) is 12.8 Å². The lowest BCUT2D eigenvalue weighted by molar-refractivity contribution is -0.136. The molecule has 1 aromatic heterocycles. The average molecular weight is 589 g/mol. The van der Waals surface area contributed by atoms with Crippen molar-refractivity contribution in [2.45, 2.75) is 61.8 Å². The molecule has 1 aliphatic rings. The van der Waals surface area contributed by atoms with Crippen LogP contribution in [0.5, 0.6) is 0 Å². The molecule has 0 saturated carbocycles. The van der Waals surface area contributed by atoms with Gasteiger partial charge < -0.3 is 15.5 Å². The lowest BCUT2D eigenvalue weighted by Crippen LogP contribution is -2.47. The van der Waals surface area contributed by atoms with Crippen LogP contribution in [0.15, 0.2) is 58.8 Å². The molecule has 3 aromatic rings. The highest BCUT2D eigenvalue weighted by Crippen LogP contribution is 2.35. The third-order valence-corrected chi connectivity index (χ3v) is 10.8. The summed E-state index contributed by atoms with van der Waals surface area (Å²) < 4.78 is 41.7. The van der Waals surface area contributed by atoms with Crippen LogP contribution in [0.3, 0.4) is 0 Å². The molecule has 0 fully saturated rings. The number of benzene rings is 2. The molecule has 1 aliphatic carbocycles. The van der Waals surface area contributed by atoms with Crippen molar-refractivity contribution in [3.8, 4) is 10.4 Å². The fraction of sp³-hybridized carbons (Fsp3) is 0.433. The van der Waals surface area contributed by atoms with Crippen LogP contribution in [0.25, 0.3) is 10.4 Å². The lowest BCUT2D eigenvalue weighted by atomic mass is 9.88. The number of hydrogen-bond acceptors (Lipinski definition) is 6. The van der Waals surface area contributed by atoms with Crippen molar-refractivity contribution in [1.82, 2.24) is 9.62 Å². The second kappa shape index (κ2) is 12.5. The van der Waals surface area contributed by atoms with Crippen LogP contribution in [0, 0.1) is 11.7 Å².